The molecule has 31 heavy (non-hydrogen) atoms. The molecule has 0 saturated heterocycles. The van der Waals surface area contributed by atoms with E-state index in [1.807, 2.05) is 30.3 Å². The average Bonchev–Trinajstić information content (AvgIpc) is 3.07. The van der Waals surface area contributed by atoms with Crippen LogP contribution in [0.4, 0.5) is 0 Å². The number of carbonyl (C=O) groups is 2. The molecular weight excluding hydrogens is 388 g/mol. The fourth-order valence-corrected chi connectivity index (χ4v) is 3.34. The zero-order valence-electron chi connectivity index (χ0n) is 17.8. The van der Waals surface area contributed by atoms with E-state index in [2.05, 4.69) is 32.9 Å². The van der Waals surface area contributed by atoms with Crippen molar-refractivity contribution in [2.45, 2.75) is 26.2 Å². The predicted molar refractivity (Wildman–Crippen MR) is 121 cm³/mol. The molecule has 0 bridgehead atoms. The van der Waals surface area contributed by atoms with Crippen molar-refractivity contribution in [1.29, 1.82) is 0 Å². The van der Waals surface area contributed by atoms with Crippen LogP contribution in [0.25, 0.3) is 6.08 Å². The molecule has 156 valence electrons. The van der Waals surface area contributed by atoms with Gasteiger partial charge in [-0.15, -0.1) is 0 Å². The average molecular weight is 412 g/mol. The highest BCUT2D eigenvalue weighted by atomic mass is 16.5. The molecule has 1 aliphatic heterocycles. The zero-order valence-corrected chi connectivity index (χ0v) is 17.8. The van der Waals surface area contributed by atoms with E-state index in [1.54, 1.807) is 36.4 Å². The van der Waals surface area contributed by atoms with Crippen LogP contribution < -0.4 is 9.47 Å². The second kappa shape index (κ2) is 8.23. The lowest BCUT2D eigenvalue weighted by molar-refractivity contribution is 0.0921. The molecule has 0 N–H and O–H groups in total. The van der Waals surface area contributed by atoms with Gasteiger partial charge in [-0.3, -0.25) is 9.59 Å². The van der Waals surface area contributed by atoms with Gasteiger partial charge in [0.15, 0.2) is 18.1 Å². The molecule has 0 atom stereocenters. The van der Waals surface area contributed by atoms with E-state index < -0.39 is 0 Å². The molecule has 0 fully saturated rings. The number of carbonyl (C=O) groups excluding carboxylic acids is 2. The molecule has 3 aromatic carbocycles. The molecule has 1 aliphatic rings. The third kappa shape index (κ3) is 4.58. The predicted octanol–water partition coefficient (Wildman–Crippen LogP) is 5.86. The fourth-order valence-electron chi connectivity index (χ4n) is 3.34. The van der Waals surface area contributed by atoms with Crippen molar-refractivity contribution in [3.63, 3.8) is 0 Å². The van der Waals surface area contributed by atoms with E-state index in [1.165, 1.54) is 5.56 Å². The van der Waals surface area contributed by atoms with Crippen LogP contribution in [0, 0.1) is 0 Å². The van der Waals surface area contributed by atoms with Crippen molar-refractivity contribution in [3.8, 4) is 11.5 Å². The van der Waals surface area contributed by atoms with Crippen LogP contribution in [0.1, 0.15) is 52.6 Å². The third-order valence-corrected chi connectivity index (χ3v) is 5.18. The maximum Gasteiger partial charge on any atom is 0.231 e. The van der Waals surface area contributed by atoms with Crippen LogP contribution in [0.2, 0.25) is 0 Å². The van der Waals surface area contributed by atoms with Crippen LogP contribution in [-0.2, 0) is 5.41 Å². The van der Waals surface area contributed by atoms with Crippen LogP contribution in [0.5, 0.6) is 11.5 Å². The maximum absolute atomic E-state index is 12.7. The zero-order chi connectivity index (χ0) is 22.0. The molecule has 4 nitrogen and oxygen atoms in total. The Morgan fingerprint density at radius 2 is 1.68 bits per heavy atom. The molecule has 1 heterocycles. The van der Waals surface area contributed by atoms with Gasteiger partial charge in [0.1, 0.15) is 11.5 Å². The first-order valence-electron chi connectivity index (χ1n) is 10.2. The van der Waals surface area contributed by atoms with Crippen molar-refractivity contribution in [3.05, 3.63) is 101 Å². The summed E-state index contributed by atoms with van der Waals surface area (Å²) in [6.07, 6.45) is 1.74. The highest BCUT2D eigenvalue weighted by Gasteiger charge is 2.28. The number of hydrogen-bond donors (Lipinski definition) is 0. The van der Waals surface area contributed by atoms with Crippen LogP contribution in [0.15, 0.2) is 78.6 Å². The van der Waals surface area contributed by atoms with Crippen molar-refractivity contribution >= 4 is 17.6 Å². The topological polar surface area (TPSA) is 52.6 Å². The number of Topliss-reactive ketones (excluding diaryl/α,β-unsaturated/α-hetero) is 2. The van der Waals surface area contributed by atoms with Gasteiger partial charge >= 0.3 is 0 Å². The highest BCUT2D eigenvalue weighted by Crippen LogP contribution is 2.35. The summed E-state index contributed by atoms with van der Waals surface area (Å²) in [6, 6.07) is 22.1. The van der Waals surface area contributed by atoms with Crippen molar-refractivity contribution in [2.75, 3.05) is 6.61 Å². The fraction of sp³-hybridized carbons (Fsp3) is 0.185. The van der Waals surface area contributed by atoms with Crippen LogP contribution in [0.3, 0.4) is 0 Å². The molecule has 4 rings (SSSR count). The molecule has 0 saturated carbocycles. The van der Waals surface area contributed by atoms with E-state index in [-0.39, 0.29) is 29.3 Å². The smallest absolute Gasteiger partial charge is 0.231 e. The number of fused-ring (bicyclic) bond motifs is 1. The largest absolute Gasteiger partial charge is 0.485 e. The first kappa shape index (κ1) is 20.6. The molecule has 0 amide bonds. The number of ketones is 2. The monoisotopic (exact) mass is 412 g/mol. The van der Waals surface area contributed by atoms with Gasteiger partial charge in [-0.05, 0) is 34.8 Å². The Bertz CT molecular complexity index is 1150. The lowest BCUT2D eigenvalue weighted by atomic mass is 9.86. The lowest BCUT2D eigenvalue weighted by Gasteiger charge is -2.18. The van der Waals surface area contributed by atoms with Gasteiger partial charge in [0.05, 0.1) is 5.56 Å². The number of ether oxygens (including phenoxy) is 2. The first-order valence-corrected chi connectivity index (χ1v) is 10.2. The van der Waals surface area contributed by atoms with Gasteiger partial charge in [-0.2, -0.15) is 0 Å². The van der Waals surface area contributed by atoms with E-state index >= 15 is 0 Å². The first-order chi connectivity index (χ1) is 14.8. The Hall–Kier alpha value is -3.66. The number of rotatable bonds is 5. The Balaban J connectivity index is 1.46. The van der Waals surface area contributed by atoms with Crippen molar-refractivity contribution < 1.29 is 19.1 Å². The lowest BCUT2D eigenvalue weighted by Crippen LogP contribution is -2.11. The normalized spacial score (nSPS) is 14.3. The van der Waals surface area contributed by atoms with Crippen LogP contribution in [-0.4, -0.2) is 18.2 Å². The Morgan fingerprint density at radius 1 is 0.968 bits per heavy atom. The summed E-state index contributed by atoms with van der Waals surface area (Å²) in [5.74, 6) is 0.911. The Labute approximate surface area is 182 Å². The summed E-state index contributed by atoms with van der Waals surface area (Å²) < 4.78 is 11.4. The van der Waals surface area contributed by atoms with E-state index in [4.69, 9.17) is 9.47 Å². The minimum atomic E-state index is -0.165. The standard InChI is InChI=1S/C27H24O4/c1-27(2,3)20-11-9-18(10-12-20)15-25-26(29)22-14-13-21(16-24(22)31-25)30-17-23(28)19-7-5-4-6-8-19/h4-16H,17H2,1-3H3/b25-15+. The molecule has 0 radical (unpaired) electrons. The van der Waals surface area contributed by atoms with E-state index in [0.29, 0.717) is 22.6 Å². The van der Waals surface area contributed by atoms with E-state index in [0.717, 1.165) is 5.56 Å². The summed E-state index contributed by atoms with van der Waals surface area (Å²) in [5, 5.41) is 0. The number of hydrogen-bond acceptors (Lipinski definition) is 4. The minimum Gasteiger partial charge on any atom is -0.485 e. The molecule has 4 heteroatoms. The molecule has 0 aliphatic carbocycles. The number of allylic oxidation sites excluding steroid dienone is 1. The summed E-state index contributed by atoms with van der Waals surface area (Å²) in [6.45, 7) is 6.40. The van der Waals surface area contributed by atoms with Gasteiger partial charge < -0.3 is 9.47 Å². The molecule has 0 spiro atoms. The maximum atomic E-state index is 12.7. The summed E-state index contributed by atoms with van der Waals surface area (Å²) in [7, 11) is 0. The quantitative estimate of drug-likeness (QED) is 0.389. The number of benzene rings is 3. The van der Waals surface area contributed by atoms with Gasteiger partial charge in [-0.25, -0.2) is 0 Å². The third-order valence-electron chi connectivity index (χ3n) is 5.18. The molecule has 0 aromatic heterocycles. The molecule has 3 aromatic rings. The van der Waals surface area contributed by atoms with Crippen molar-refractivity contribution in [1.82, 2.24) is 0 Å². The van der Waals surface area contributed by atoms with Gasteiger partial charge in [0, 0.05) is 11.6 Å². The summed E-state index contributed by atoms with van der Waals surface area (Å²) in [4.78, 5) is 24.9. The summed E-state index contributed by atoms with van der Waals surface area (Å²) >= 11 is 0. The molecule has 0 unspecified atom stereocenters. The van der Waals surface area contributed by atoms with Gasteiger partial charge in [0.25, 0.3) is 0 Å². The molecular formula is C27H24O4. The minimum absolute atomic E-state index is 0.0693. The Kier molecular flexibility index (Phi) is 5.47. The van der Waals surface area contributed by atoms with Gasteiger partial charge in [-0.1, -0.05) is 75.4 Å². The van der Waals surface area contributed by atoms with E-state index in [9.17, 15) is 9.59 Å². The van der Waals surface area contributed by atoms with Crippen LogP contribution >= 0.6 is 0 Å². The second-order valence-corrected chi connectivity index (χ2v) is 8.55. The summed E-state index contributed by atoms with van der Waals surface area (Å²) in [5.41, 5.74) is 3.27. The van der Waals surface area contributed by atoms with Crippen molar-refractivity contribution in [2.24, 2.45) is 0 Å². The Morgan fingerprint density at radius 3 is 2.35 bits per heavy atom. The SMILES string of the molecule is CC(C)(C)c1ccc(/C=C2/Oc3cc(OCC(=O)c4ccccc4)ccc3C2=O)cc1. The second-order valence-electron chi connectivity index (χ2n) is 8.55. The van der Waals surface area contributed by atoms with Gasteiger partial charge in [0.2, 0.25) is 5.78 Å². The highest BCUT2D eigenvalue weighted by molar-refractivity contribution is 6.14.